The van der Waals surface area contributed by atoms with Gasteiger partial charge in [-0.05, 0) is 56.0 Å². The van der Waals surface area contributed by atoms with Gasteiger partial charge in [-0.15, -0.1) is 0 Å². The molecular weight excluding hydrogens is 390 g/mol. The quantitative estimate of drug-likeness (QED) is 0.535. The number of ketones is 1. The summed E-state index contributed by atoms with van der Waals surface area (Å²) < 4.78 is 31.9. The van der Waals surface area contributed by atoms with Gasteiger partial charge in [-0.3, -0.25) is 9.59 Å². The largest absolute Gasteiger partial charge is 0.457 e. The van der Waals surface area contributed by atoms with E-state index in [2.05, 4.69) is 0 Å². The van der Waals surface area contributed by atoms with E-state index in [0.717, 1.165) is 11.1 Å². The van der Waals surface area contributed by atoms with Gasteiger partial charge in [0, 0.05) is 18.7 Å². The van der Waals surface area contributed by atoms with Crippen molar-refractivity contribution in [3.63, 3.8) is 0 Å². The van der Waals surface area contributed by atoms with Crippen LogP contribution in [0.5, 0.6) is 0 Å². The Hall–Kier alpha value is -2.51. The second kappa shape index (κ2) is 8.88. The molecule has 0 aromatic heterocycles. The Kier molecular flexibility index (Phi) is 6.49. The highest BCUT2D eigenvalue weighted by Crippen LogP contribution is 2.24. The van der Waals surface area contributed by atoms with Crippen LogP contribution in [-0.2, 0) is 19.6 Å². The van der Waals surface area contributed by atoms with Crippen LogP contribution in [-0.4, -0.2) is 44.2 Å². The molecule has 2 aromatic carbocycles. The lowest BCUT2D eigenvalue weighted by Gasteiger charge is -2.30. The number of nitrogens with zero attached hydrogens (tertiary/aromatic N) is 1. The maximum Gasteiger partial charge on any atom is 0.309 e. The van der Waals surface area contributed by atoms with Gasteiger partial charge in [-0.25, -0.2) is 8.42 Å². The first-order chi connectivity index (χ1) is 13.8. The van der Waals surface area contributed by atoms with Crippen LogP contribution in [0.2, 0.25) is 0 Å². The van der Waals surface area contributed by atoms with E-state index in [1.807, 2.05) is 19.9 Å². The minimum atomic E-state index is -3.55. The van der Waals surface area contributed by atoms with Gasteiger partial charge in [0.2, 0.25) is 10.0 Å². The number of benzene rings is 2. The smallest absolute Gasteiger partial charge is 0.309 e. The van der Waals surface area contributed by atoms with Crippen LogP contribution >= 0.6 is 0 Å². The highest BCUT2D eigenvalue weighted by atomic mass is 32.2. The summed E-state index contributed by atoms with van der Waals surface area (Å²) >= 11 is 0. The molecule has 29 heavy (non-hydrogen) atoms. The van der Waals surface area contributed by atoms with Crippen molar-refractivity contribution in [3.05, 3.63) is 65.2 Å². The molecular formula is C22H25NO5S. The van der Waals surface area contributed by atoms with Gasteiger partial charge in [-0.1, -0.05) is 30.3 Å². The second-order valence-corrected chi connectivity index (χ2v) is 9.26. The van der Waals surface area contributed by atoms with Gasteiger partial charge in [0.15, 0.2) is 12.4 Å². The number of hydrogen-bond acceptors (Lipinski definition) is 5. The molecule has 0 radical (unpaired) electrons. The van der Waals surface area contributed by atoms with Crippen LogP contribution in [0, 0.1) is 19.8 Å². The third-order valence-corrected chi connectivity index (χ3v) is 7.26. The number of hydrogen-bond donors (Lipinski definition) is 0. The number of aryl methyl sites for hydroxylation is 2. The van der Waals surface area contributed by atoms with E-state index < -0.39 is 21.9 Å². The van der Waals surface area contributed by atoms with E-state index in [4.69, 9.17) is 4.74 Å². The van der Waals surface area contributed by atoms with E-state index in [1.165, 1.54) is 4.31 Å². The van der Waals surface area contributed by atoms with E-state index in [9.17, 15) is 18.0 Å². The Labute approximate surface area is 171 Å². The fourth-order valence-corrected chi connectivity index (χ4v) is 4.82. The SMILES string of the molecule is Cc1ccc(C(=O)COC(=O)C2CCN(S(=O)(=O)c3ccccc3)CC2)cc1C. The zero-order valence-electron chi connectivity index (χ0n) is 16.6. The van der Waals surface area contributed by atoms with Crippen molar-refractivity contribution in [2.24, 2.45) is 5.92 Å². The molecule has 1 saturated heterocycles. The predicted molar refractivity (Wildman–Crippen MR) is 109 cm³/mol. The lowest BCUT2D eigenvalue weighted by Crippen LogP contribution is -2.40. The van der Waals surface area contributed by atoms with Gasteiger partial charge < -0.3 is 4.74 Å². The Morgan fingerprint density at radius 1 is 1.00 bits per heavy atom. The molecule has 6 nitrogen and oxygen atoms in total. The van der Waals surface area contributed by atoms with Crippen LogP contribution in [0.1, 0.15) is 34.3 Å². The lowest BCUT2D eigenvalue weighted by molar-refractivity contribution is -0.148. The Morgan fingerprint density at radius 2 is 1.66 bits per heavy atom. The third kappa shape index (κ3) is 4.92. The molecule has 0 bridgehead atoms. The number of Topliss-reactive ketones (excluding diaryl/α,β-unsaturated/α-hetero) is 1. The highest BCUT2D eigenvalue weighted by molar-refractivity contribution is 7.89. The first-order valence-electron chi connectivity index (χ1n) is 9.61. The predicted octanol–water partition coefficient (Wildman–Crippen LogP) is 3.13. The fraction of sp³-hybridized carbons (Fsp3) is 0.364. The van der Waals surface area contributed by atoms with Gasteiger partial charge in [0.05, 0.1) is 10.8 Å². The number of esters is 1. The minimum absolute atomic E-state index is 0.245. The van der Waals surface area contributed by atoms with Crippen molar-refractivity contribution < 1.29 is 22.7 Å². The molecule has 0 N–H and O–H groups in total. The molecule has 1 fully saturated rings. The molecule has 0 saturated carbocycles. The van der Waals surface area contributed by atoms with E-state index in [-0.39, 0.29) is 30.4 Å². The topological polar surface area (TPSA) is 80.8 Å². The summed E-state index contributed by atoms with van der Waals surface area (Å²) in [5.41, 5.74) is 2.62. The van der Waals surface area contributed by atoms with Crippen LogP contribution in [0.4, 0.5) is 0 Å². The van der Waals surface area contributed by atoms with Gasteiger partial charge >= 0.3 is 5.97 Å². The van der Waals surface area contributed by atoms with Crippen molar-refractivity contribution in [1.82, 2.24) is 4.31 Å². The first kappa shape index (κ1) is 21.2. The van der Waals surface area contributed by atoms with Crippen LogP contribution in [0.15, 0.2) is 53.4 Å². The molecule has 7 heteroatoms. The van der Waals surface area contributed by atoms with Crippen molar-refractivity contribution in [2.75, 3.05) is 19.7 Å². The standard InChI is InChI=1S/C22H25NO5S/c1-16-8-9-19(14-17(16)2)21(24)15-28-22(25)18-10-12-23(13-11-18)29(26,27)20-6-4-3-5-7-20/h3-9,14,18H,10-13,15H2,1-2H3. The van der Waals surface area contributed by atoms with Crippen LogP contribution in [0.25, 0.3) is 0 Å². The first-order valence-corrected chi connectivity index (χ1v) is 11.1. The molecule has 0 spiro atoms. The molecule has 1 aliphatic rings. The maximum absolute atomic E-state index is 12.7. The summed E-state index contributed by atoms with van der Waals surface area (Å²) in [6, 6.07) is 13.6. The maximum atomic E-state index is 12.7. The van der Waals surface area contributed by atoms with E-state index in [1.54, 1.807) is 42.5 Å². The summed E-state index contributed by atoms with van der Waals surface area (Å²) in [5, 5.41) is 0. The minimum Gasteiger partial charge on any atom is -0.457 e. The number of rotatable bonds is 6. The molecule has 0 amide bonds. The van der Waals surface area contributed by atoms with Crippen molar-refractivity contribution in [2.45, 2.75) is 31.6 Å². The van der Waals surface area contributed by atoms with Gasteiger partial charge in [-0.2, -0.15) is 4.31 Å². The second-order valence-electron chi connectivity index (χ2n) is 7.32. The summed E-state index contributed by atoms with van der Waals surface area (Å²) in [4.78, 5) is 24.9. The van der Waals surface area contributed by atoms with E-state index >= 15 is 0 Å². The normalized spacial score (nSPS) is 15.8. The molecule has 1 heterocycles. The number of sulfonamides is 1. The highest BCUT2D eigenvalue weighted by Gasteiger charge is 2.32. The summed E-state index contributed by atoms with van der Waals surface area (Å²) in [7, 11) is -3.55. The van der Waals surface area contributed by atoms with Gasteiger partial charge in [0.1, 0.15) is 0 Å². The molecule has 2 aromatic rings. The molecule has 0 aliphatic carbocycles. The number of carbonyl (C=O) groups excluding carboxylic acids is 2. The number of ether oxygens (including phenoxy) is 1. The van der Waals surface area contributed by atoms with Crippen LogP contribution < -0.4 is 0 Å². The average Bonchev–Trinajstić information content (AvgIpc) is 2.74. The zero-order chi connectivity index (χ0) is 21.0. The molecule has 154 valence electrons. The van der Waals surface area contributed by atoms with Crippen molar-refractivity contribution in [1.29, 1.82) is 0 Å². The van der Waals surface area contributed by atoms with Crippen molar-refractivity contribution >= 4 is 21.8 Å². The summed E-state index contributed by atoms with van der Waals surface area (Å²) in [6.45, 7) is 4.09. The average molecular weight is 416 g/mol. The molecule has 1 aliphatic heterocycles. The number of piperidine rings is 1. The molecule has 0 atom stereocenters. The molecule has 0 unspecified atom stereocenters. The van der Waals surface area contributed by atoms with Crippen molar-refractivity contribution in [3.8, 4) is 0 Å². The Morgan fingerprint density at radius 3 is 2.28 bits per heavy atom. The monoisotopic (exact) mass is 415 g/mol. The number of carbonyl (C=O) groups is 2. The van der Waals surface area contributed by atoms with Crippen LogP contribution in [0.3, 0.4) is 0 Å². The fourth-order valence-electron chi connectivity index (χ4n) is 3.33. The lowest BCUT2D eigenvalue weighted by atomic mass is 9.98. The zero-order valence-corrected chi connectivity index (χ0v) is 17.4. The third-order valence-electron chi connectivity index (χ3n) is 5.34. The van der Waals surface area contributed by atoms with Gasteiger partial charge in [0.25, 0.3) is 0 Å². The Balaban J connectivity index is 1.52. The summed E-state index contributed by atoms with van der Waals surface area (Å²) in [5.74, 6) is -1.09. The summed E-state index contributed by atoms with van der Waals surface area (Å²) in [6.07, 6.45) is 0.755. The Bertz CT molecular complexity index is 993. The van der Waals surface area contributed by atoms with E-state index in [0.29, 0.717) is 18.4 Å². The molecule has 3 rings (SSSR count).